The molecule has 0 aliphatic carbocycles. The van der Waals surface area contributed by atoms with Gasteiger partial charge >= 0.3 is 0 Å². The first-order valence-corrected chi connectivity index (χ1v) is 6.32. The molecule has 4 nitrogen and oxygen atoms in total. The zero-order chi connectivity index (χ0) is 10.1. The van der Waals surface area contributed by atoms with E-state index in [0.717, 1.165) is 6.54 Å². The molecule has 0 aromatic carbocycles. The molecule has 0 N–H and O–H groups in total. The number of aromatic nitrogens is 2. The van der Waals surface area contributed by atoms with Gasteiger partial charge in [0.05, 0.1) is 6.54 Å². The molecular weight excluding hydrogens is 212 g/mol. The van der Waals surface area contributed by atoms with Gasteiger partial charge in [0.2, 0.25) is 11.7 Å². The molecule has 1 rings (SSSR count). The second kappa shape index (κ2) is 3.67. The lowest BCUT2D eigenvalue weighted by Crippen LogP contribution is -2.29. The fraction of sp³-hybridized carbons (Fsp3) is 0.571. The lowest BCUT2D eigenvalue weighted by Gasteiger charge is -2.01. The first-order chi connectivity index (χ1) is 5.95. The van der Waals surface area contributed by atoms with Crippen molar-refractivity contribution >= 4 is 19.7 Å². The molecule has 74 valence electrons. The zero-order valence-electron chi connectivity index (χ0n) is 7.51. The topological polar surface area (TPSA) is 43.0 Å². The van der Waals surface area contributed by atoms with E-state index in [-0.39, 0.29) is 0 Å². The van der Waals surface area contributed by atoms with Gasteiger partial charge in [-0.1, -0.05) is 0 Å². The Morgan fingerprint density at radius 3 is 2.62 bits per heavy atom. The molecule has 1 aromatic heterocycles. The number of aryl methyl sites for hydroxylation is 1. The molecule has 6 heteroatoms. The van der Waals surface area contributed by atoms with Gasteiger partial charge in [0, 0.05) is 10.7 Å². The van der Waals surface area contributed by atoms with Gasteiger partial charge in [-0.25, -0.2) is 17.6 Å². The van der Waals surface area contributed by atoms with Gasteiger partial charge in [-0.15, -0.1) is 0 Å². The van der Waals surface area contributed by atoms with Crippen molar-refractivity contribution in [3.8, 4) is 0 Å². The van der Waals surface area contributed by atoms with Crippen LogP contribution in [0, 0.1) is 0 Å². The lowest BCUT2D eigenvalue weighted by molar-refractivity contribution is -0.693. The number of hydrogen-bond donors (Lipinski definition) is 0. The van der Waals surface area contributed by atoms with Crippen molar-refractivity contribution in [1.29, 1.82) is 0 Å². The fourth-order valence-electron chi connectivity index (χ4n) is 0.958. The Hall–Kier alpha value is -0.550. The average Bonchev–Trinajstić information content (AvgIpc) is 2.48. The van der Waals surface area contributed by atoms with Crippen LogP contribution in [0.15, 0.2) is 18.7 Å². The van der Waals surface area contributed by atoms with E-state index in [9.17, 15) is 8.42 Å². The largest absolute Gasteiger partial charge is 0.274 e. The van der Waals surface area contributed by atoms with Crippen molar-refractivity contribution in [2.24, 2.45) is 0 Å². The molecule has 0 spiro atoms. The van der Waals surface area contributed by atoms with Gasteiger partial charge in [0.25, 0.3) is 9.05 Å². The molecule has 1 unspecified atom stereocenters. The molecule has 0 aliphatic heterocycles. The average molecular weight is 224 g/mol. The van der Waals surface area contributed by atoms with E-state index in [2.05, 4.69) is 0 Å². The van der Waals surface area contributed by atoms with Gasteiger partial charge < -0.3 is 0 Å². The van der Waals surface area contributed by atoms with Gasteiger partial charge in [-0.2, -0.15) is 0 Å². The smallest absolute Gasteiger partial charge is 0.237 e. The molecule has 1 heterocycles. The summed E-state index contributed by atoms with van der Waals surface area (Å²) in [5, 5.41) is -0.720. The predicted octanol–water partition coefficient (Wildman–Crippen LogP) is 0.883. The highest BCUT2D eigenvalue weighted by Gasteiger charge is 2.23. The third kappa shape index (κ3) is 2.45. The SMILES string of the molecule is CC[n+]1ccn(C(C)S(=O)(=O)Cl)c1. The lowest BCUT2D eigenvalue weighted by atomic mass is 10.7. The third-order valence-electron chi connectivity index (χ3n) is 1.90. The summed E-state index contributed by atoms with van der Waals surface area (Å²) in [6, 6.07) is 0. The summed E-state index contributed by atoms with van der Waals surface area (Å²) in [5.74, 6) is 0. The maximum Gasteiger partial charge on any atom is 0.274 e. The van der Waals surface area contributed by atoms with E-state index in [1.165, 1.54) is 0 Å². The molecule has 1 aromatic rings. The molecule has 1 atom stereocenters. The molecule has 0 fully saturated rings. The van der Waals surface area contributed by atoms with E-state index in [0.29, 0.717) is 0 Å². The molecule has 0 saturated carbocycles. The van der Waals surface area contributed by atoms with Crippen molar-refractivity contribution in [2.75, 3.05) is 0 Å². The van der Waals surface area contributed by atoms with Gasteiger partial charge in [0.15, 0.2) is 0 Å². The Morgan fingerprint density at radius 2 is 2.23 bits per heavy atom. The maximum atomic E-state index is 11.0. The highest BCUT2D eigenvalue weighted by molar-refractivity contribution is 8.13. The van der Waals surface area contributed by atoms with Crippen molar-refractivity contribution in [3.05, 3.63) is 18.7 Å². The van der Waals surface area contributed by atoms with Crippen molar-refractivity contribution in [3.63, 3.8) is 0 Å². The molecule has 13 heavy (non-hydrogen) atoms. The summed E-state index contributed by atoms with van der Waals surface area (Å²) in [5.41, 5.74) is 0. The summed E-state index contributed by atoms with van der Waals surface area (Å²) >= 11 is 0. The summed E-state index contributed by atoms with van der Waals surface area (Å²) in [4.78, 5) is 0. The van der Waals surface area contributed by atoms with Crippen LogP contribution >= 0.6 is 10.7 Å². The Balaban J connectivity index is 2.96. The Kier molecular flexibility index (Phi) is 2.98. The second-order valence-electron chi connectivity index (χ2n) is 2.77. The van der Waals surface area contributed by atoms with Crippen LogP contribution in [0.3, 0.4) is 0 Å². The fourth-order valence-corrected chi connectivity index (χ4v) is 1.65. The number of imidazole rings is 1. The predicted molar refractivity (Wildman–Crippen MR) is 49.8 cm³/mol. The standard InChI is InChI=1S/C7H12ClN2O2S/c1-3-9-4-5-10(6-9)7(2)13(8,11)12/h4-7H,3H2,1-2H3/q+1. The van der Waals surface area contributed by atoms with Crippen LogP contribution < -0.4 is 4.57 Å². The Labute approximate surface area is 82.2 Å². The second-order valence-corrected chi connectivity index (χ2v) is 5.69. The zero-order valence-corrected chi connectivity index (χ0v) is 9.09. The normalized spacial score (nSPS) is 14.4. The summed E-state index contributed by atoms with van der Waals surface area (Å²) in [6.07, 6.45) is 5.21. The minimum absolute atomic E-state index is 0.720. The Morgan fingerprint density at radius 1 is 1.62 bits per heavy atom. The monoisotopic (exact) mass is 223 g/mol. The first kappa shape index (κ1) is 10.5. The summed E-state index contributed by atoms with van der Waals surface area (Å²) in [6.45, 7) is 4.33. The van der Waals surface area contributed by atoms with E-state index in [4.69, 9.17) is 10.7 Å². The van der Waals surface area contributed by atoms with Crippen LogP contribution in [0.1, 0.15) is 19.2 Å². The van der Waals surface area contributed by atoms with E-state index >= 15 is 0 Å². The van der Waals surface area contributed by atoms with E-state index < -0.39 is 14.4 Å². The number of hydrogen-bond acceptors (Lipinski definition) is 2. The molecule has 0 aliphatic rings. The van der Waals surface area contributed by atoms with Crippen LogP contribution in [-0.2, 0) is 15.6 Å². The molecule has 0 bridgehead atoms. The summed E-state index contributed by atoms with van der Waals surface area (Å²) in [7, 11) is 1.68. The van der Waals surface area contributed by atoms with Gasteiger partial charge in [-0.05, 0) is 13.8 Å². The minimum Gasteiger partial charge on any atom is -0.237 e. The van der Waals surface area contributed by atoms with Crippen molar-refractivity contribution in [1.82, 2.24) is 4.57 Å². The highest BCUT2D eigenvalue weighted by atomic mass is 35.7. The minimum atomic E-state index is -3.53. The van der Waals surface area contributed by atoms with Crippen LogP contribution in [0.25, 0.3) is 0 Å². The van der Waals surface area contributed by atoms with Gasteiger partial charge in [-0.3, -0.25) is 0 Å². The molecule has 0 amide bonds. The van der Waals surface area contributed by atoms with Crippen LogP contribution in [0.4, 0.5) is 0 Å². The number of rotatable bonds is 3. The number of nitrogens with zero attached hydrogens (tertiary/aromatic N) is 2. The quantitative estimate of drug-likeness (QED) is 0.564. The maximum absolute atomic E-state index is 11.0. The van der Waals surface area contributed by atoms with E-state index in [1.54, 1.807) is 30.2 Å². The Bertz CT molecular complexity index is 385. The molecule has 0 radical (unpaired) electrons. The summed E-state index contributed by atoms with van der Waals surface area (Å²) < 4.78 is 25.4. The number of halogens is 1. The van der Waals surface area contributed by atoms with Crippen LogP contribution in [0.2, 0.25) is 0 Å². The van der Waals surface area contributed by atoms with Gasteiger partial charge in [0.1, 0.15) is 12.4 Å². The van der Waals surface area contributed by atoms with Crippen molar-refractivity contribution < 1.29 is 13.0 Å². The first-order valence-electron chi connectivity index (χ1n) is 3.95. The molecule has 0 saturated heterocycles. The molecular formula is C7H12ClN2O2S+. The van der Waals surface area contributed by atoms with Crippen LogP contribution in [-0.4, -0.2) is 13.0 Å². The third-order valence-corrected chi connectivity index (χ3v) is 3.74. The van der Waals surface area contributed by atoms with Crippen molar-refractivity contribution in [2.45, 2.75) is 25.8 Å². The highest BCUT2D eigenvalue weighted by Crippen LogP contribution is 2.16. The van der Waals surface area contributed by atoms with Crippen LogP contribution in [0.5, 0.6) is 0 Å². The van der Waals surface area contributed by atoms with E-state index in [1.807, 2.05) is 11.5 Å².